The molecule has 1 aliphatic carbocycles. The van der Waals surface area contributed by atoms with Crippen LogP contribution in [0, 0.1) is 11.6 Å². The van der Waals surface area contributed by atoms with Crippen molar-refractivity contribution < 1.29 is 17.2 Å². The fourth-order valence-corrected chi connectivity index (χ4v) is 4.43. The summed E-state index contributed by atoms with van der Waals surface area (Å²) in [6.07, 6.45) is 5.07. The number of aryl methyl sites for hydroxylation is 1. The van der Waals surface area contributed by atoms with E-state index < -0.39 is 21.5 Å². The molecule has 0 spiro atoms. The number of hydrogen-bond donors (Lipinski definition) is 1. The van der Waals surface area contributed by atoms with Crippen molar-refractivity contribution in [1.29, 1.82) is 0 Å². The van der Waals surface area contributed by atoms with Crippen molar-refractivity contribution in [3.05, 3.63) is 35.4 Å². The molecule has 0 saturated heterocycles. The minimum absolute atomic E-state index is 0.00393. The molecule has 1 saturated carbocycles. The lowest BCUT2D eigenvalue weighted by Gasteiger charge is -2.19. The van der Waals surface area contributed by atoms with Gasteiger partial charge in [0.25, 0.3) is 0 Å². The molecule has 0 radical (unpaired) electrons. The molecule has 0 aromatic heterocycles. The second-order valence-electron chi connectivity index (χ2n) is 5.74. The van der Waals surface area contributed by atoms with E-state index in [4.69, 9.17) is 0 Å². The average molecular weight is 317 g/mol. The molecule has 2 rings (SSSR count). The SMILES string of the molecule is CS(=O)(=O)[C@@H]1CCC[C@H]1NCCCc1cc(F)cc(F)c1. The van der Waals surface area contributed by atoms with Gasteiger partial charge in [-0.1, -0.05) is 6.42 Å². The Balaban J connectivity index is 1.79. The number of halogens is 2. The van der Waals surface area contributed by atoms with Gasteiger partial charge in [0.1, 0.15) is 11.6 Å². The van der Waals surface area contributed by atoms with Crippen molar-refractivity contribution in [3.63, 3.8) is 0 Å². The molecule has 118 valence electrons. The van der Waals surface area contributed by atoms with E-state index in [9.17, 15) is 17.2 Å². The topological polar surface area (TPSA) is 46.2 Å². The van der Waals surface area contributed by atoms with E-state index in [1.807, 2.05) is 0 Å². The Hall–Kier alpha value is -1.01. The Morgan fingerprint density at radius 1 is 1.19 bits per heavy atom. The highest BCUT2D eigenvalue weighted by molar-refractivity contribution is 7.91. The lowest BCUT2D eigenvalue weighted by Crippen LogP contribution is -2.40. The van der Waals surface area contributed by atoms with Crippen molar-refractivity contribution in [2.75, 3.05) is 12.8 Å². The van der Waals surface area contributed by atoms with Crippen molar-refractivity contribution in [3.8, 4) is 0 Å². The van der Waals surface area contributed by atoms with E-state index >= 15 is 0 Å². The first-order valence-electron chi connectivity index (χ1n) is 7.23. The van der Waals surface area contributed by atoms with E-state index in [0.29, 0.717) is 24.9 Å². The van der Waals surface area contributed by atoms with Crippen LogP contribution >= 0.6 is 0 Å². The van der Waals surface area contributed by atoms with E-state index in [1.165, 1.54) is 18.4 Å². The first-order valence-corrected chi connectivity index (χ1v) is 9.19. The maximum atomic E-state index is 13.0. The lowest BCUT2D eigenvalue weighted by atomic mass is 10.1. The molecule has 1 aromatic carbocycles. The zero-order valence-electron chi connectivity index (χ0n) is 12.1. The molecule has 3 nitrogen and oxygen atoms in total. The predicted octanol–water partition coefficient (Wildman–Crippen LogP) is 2.45. The van der Waals surface area contributed by atoms with Crippen molar-refractivity contribution in [1.82, 2.24) is 5.32 Å². The van der Waals surface area contributed by atoms with Crippen LogP contribution in [0.1, 0.15) is 31.2 Å². The third-order valence-corrected chi connectivity index (χ3v) is 5.64. The summed E-state index contributed by atoms with van der Waals surface area (Å²) in [6.45, 7) is 0.648. The van der Waals surface area contributed by atoms with Crippen LogP contribution in [0.3, 0.4) is 0 Å². The molecule has 21 heavy (non-hydrogen) atoms. The Labute approximate surface area is 124 Å². The van der Waals surface area contributed by atoms with Crippen LogP contribution in [0.15, 0.2) is 18.2 Å². The molecule has 1 aromatic rings. The maximum Gasteiger partial charge on any atom is 0.151 e. The van der Waals surface area contributed by atoms with Crippen LogP contribution in [0.25, 0.3) is 0 Å². The summed E-state index contributed by atoms with van der Waals surface area (Å²) in [5.74, 6) is -1.13. The molecule has 1 N–H and O–H groups in total. The molecule has 0 heterocycles. The first-order chi connectivity index (χ1) is 9.86. The van der Waals surface area contributed by atoms with Crippen LogP contribution in [0.5, 0.6) is 0 Å². The van der Waals surface area contributed by atoms with Crippen LogP contribution in [0.2, 0.25) is 0 Å². The van der Waals surface area contributed by atoms with Crippen LogP contribution < -0.4 is 5.32 Å². The molecule has 1 aliphatic rings. The summed E-state index contributed by atoms with van der Waals surface area (Å²) in [5.41, 5.74) is 0.625. The van der Waals surface area contributed by atoms with Crippen molar-refractivity contribution >= 4 is 9.84 Å². The van der Waals surface area contributed by atoms with Gasteiger partial charge in [0.05, 0.1) is 5.25 Å². The Kier molecular flexibility index (Phi) is 5.32. The van der Waals surface area contributed by atoms with Gasteiger partial charge in [0, 0.05) is 18.4 Å². The predicted molar refractivity (Wildman–Crippen MR) is 79.0 cm³/mol. The minimum Gasteiger partial charge on any atom is -0.313 e. The van der Waals surface area contributed by atoms with Crippen LogP contribution in [0.4, 0.5) is 8.78 Å². The Morgan fingerprint density at radius 3 is 2.48 bits per heavy atom. The third-order valence-electron chi connectivity index (χ3n) is 3.97. The number of nitrogens with one attached hydrogen (secondary N) is 1. The first kappa shape index (κ1) is 16.4. The standard InChI is InChI=1S/C15H21F2NO2S/c1-21(19,20)15-6-2-5-14(15)18-7-3-4-11-8-12(16)10-13(17)9-11/h8-10,14-15,18H,2-7H2,1H3/t14-,15-/m1/s1. The van der Waals surface area contributed by atoms with Gasteiger partial charge >= 0.3 is 0 Å². The van der Waals surface area contributed by atoms with Crippen molar-refractivity contribution in [2.24, 2.45) is 0 Å². The monoisotopic (exact) mass is 317 g/mol. The molecular weight excluding hydrogens is 296 g/mol. The summed E-state index contributed by atoms with van der Waals surface area (Å²) in [5, 5.41) is 2.97. The van der Waals surface area contributed by atoms with Crippen LogP contribution in [-0.2, 0) is 16.3 Å². The fraction of sp³-hybridized carbons (Fsp3) is 0.600. The number of rotatable bonds is 6. The second kappa shape index (κ2) is 6.83. The van der Waals surface area contributed by atoms with Gasteiger partial charge in [-0.15, -0.1) is 0 Å². The third kappa shape index (κ3) is 4.74. The van der Waals surface area contributed by atoms with E-state index in [1.54, 1.807) is 0 Å². The summed E-state index contributed by atoms with van der Waals surface area (Å²) >= 11 is 0. The zero-order chi connectivity index (χ0) is 15.5. The second-order valence-corrected chi connectivity index (χ2v) is 8.01. The summed E-state index contributed by atoms with van der Waals surface area (Å²) < 4.78 is 49.4. The molecule has 2 atom stereocenters. The van der Waals surface area contributed by atoms with E-state index in [-0.39, 0.29) is 11.3 Å². The normalized spacial score (nSPS) is 22.6. The van der Waals surface area contributed by atoms with Crippen LogP contribution in [-0.4, -0.2) is 32.5 Å². The molecule has 0 unspecified atom stereocenters. The highest BCUT2D eigenvalue weighted by Gasteiger charge is 2.34. The van der Waals surface area contributed by atoms with Gasteiger partial charge < -0.3 is 5.32 Å². The van der Waals surface area contributed by atoms with Gasteiger partial charge in [0.2, 0.25) is 0 Å². The fourth-order valence-electron chi connectivity index (χ4n) is 3.01. The van der Waals surface area contributed by atoms with Gasteiger partial charge in [-0.05, 0) is 49.9 Å². The van der Waals surface area contributed by atoms with E-state index in [0.717, 1.165) is 25.3 Å². The van der Waals surface area contributed by atoms with Crippen molar-refractivity contribution in [2.45, 2.75) is 43.4 Å². The highest BCUT2D eigenvalue weighted by atomic mass is 32.2. The van der Waals surface area contributed by atoms with Gasteiger partial charge in [-0.2, -0.15) is 0 Å². The minimum atomic E-state index is -3.01. The molecule has 0 bridgehead atoms. The number of benzene rings is 1. The highest BCUT2D eigenvalue weighted by Crippen LogP contribution is 2.25. The molecule has 0 aliphatic heterocycles. The average Bonchev–Trinajstić information content (AvgIpc) is 2.81. The number of sulfone groups is 1. The zero-order valence-corrected chi connectivity index (χ0v) is 12.9. The Bertz CT molecular complexity index is 569. The summed E-state index contributed by atoms with van der Waals surface area (Å²) in [7, 11) is -3.01. The largest absolute Gasteiger partial charge is 0.313 e. The molecular formula is C15H21F2NO2S. The quantitative estimate of drug-likeness (QED) is 0.820. The van der Waals surface area contributed by atoms with Gasteiger partial charge in [-0.25, -0.2) is 17.2 Å². The summed E-state index contributed by atoms with van der Waals surface area (Å²) in [6, 6.07) is 3.52. The maximum absolute atomic E-state index is 13.0. The van der Waals surface area contributed by atoms with E-state index in [2.05, 4.69) is 5.32 Å². The molecule has 0 amide bonds. The molecule has 1 fully saturated rings. The van der Waals surface area contributed by atoms with Gasteiger partial charge in [0.15, 0.2) is 9.84 Å². The van der Waals surface area contributed by atoms with Gasteiger partial charge in [-0.3, -0.25) is 0 Å². The lowest BCUT2D eigenvalue weighted by molar-refractivity contribution is 0.500. The Morgan fingerprint density at radius 2 is 1.86 bits per heavy atom. The number of hydrogen-bond acceptors (Lipinski definition) is 3. The summed E-state index contributed by atoms with van der Waals surface area (Å²) in [4.78, 5) is 0. The smallest absolute Gasteiger partial charge is 0.151 e. The molecule has 6 heteroatoms.